The van der Waals surface area contributed by atoms with Gasteiger partial charge in [-0.05, 0) is 63.2 Å². The standard InChI is InChI=1S/C21H22ClN3O2.C4H6O6/c1-24-11-9-14(10-12-24)13-19(26)25-18-8-3-2-5-15(18)21(27)23-17-7-4-6-16(22)20(17)25;5-1(3(7)8)2(6)4(9)10/h2-8,14H,9-13H2,1H3,(H,23,27);1-2,5-6H,(H,7,8)(H,9,10)/t;1-,2-/m.0/s1. The maximum absolute atomic E-state index is 13.4. The van der Waals surface area contributed by atoms with Crippen molar-refractivity contribution in [3.8, 4) is 0 Å². The largest absolute Gasteiger partial charge is 0.479 e. The van der Waals surface area contributed by atoms with Gasteiger partial charge in [-0.2, -0.15) is 0 Å². The number of benzene rings is 2. The number of aliphatic hydroxyl groups excluding tert-OH is 2. The number of nitrogens with zero attached hydrogens (tertiary/aromatic N) is 2. The fourth-order valence-electron chi connectivity index (χ4n) is 4.15. The molecule has 198 valence electrons. The van der Waals surface area contributed by atoms with Crippen LogP contribution in [0.3, 0.4) is 0 Å². The van der Waals surface area contributed by atoms with E-state index in [9.17, 15) is 19.2 Å². The number of carbonyl (C=O) groups excluding carboxylic acids is 2. The molecule has 0 aliphatic carbocycles. The Morgan fingerprint density at radius 1 is 1.00 bits per heavy atom. The molecule has 12 heteroatoms. The number of hydrogen-bond donors (Lipinski definition) is 5. The van der Waals surface area contributed by atoms with E-state index in [-0.39, 0.29) is 11.8 Å². The maximum Gasteiger partial charge on any atom is 0.335 e. The van der Waals surface area contributed by atoms with Gasteiger partial charge in [-0.1, -0.05) is 29.8 Å². The lowest BCUT2D eigenvalue weighted by atomic mass is 9.93. The molecule has 2 aromatic rings. The highest BCUT2D eigenvalue weighted by Gasteiger charge is 2.32. The summed E-state index contributed by atoms with van der Waals surface area (Å²) in [4.78, 5) is 49.5. The van der Waals surface area contributed by atoms with Gasteiger partial charge in [0, 0.05) is 6.42 Å². The molecule has 11 nitrogen and oxygen atoms in total. The summed E-state index contributed by atoms with van der Waals surface area (Å²) in [7, 11) is 2.11. The van der Waals surface area contributed by atoms with Gasteiger partial charge in [0.05, 0.1) is 27.6 Å². The number of amides is 2. The van der Waals surface area contributed by atoms with Gasteiger partial charge in [-0.15, -0.1) is 0 Å². The molecule has 2 heterocycles. The van der Waals surface area contributed by atoms with Crippen LogP contribution in [0.15, 0.2) is 42.5 Å². The van der Waals surface area contributed by atoms with Crippen LogP contribution in [0, 0.1) is 5.92 Å². The van der Waals surface area contributed by atoms with E-state index in [1.807, 2.05) is 6.07 Å². The molecule has 2 aromatic carbocycles. The Labute approximate surface area is 217 Å². The smallest absolute Gasteiger partial charge is 0.335 e. The fourth-order valence-corrected chi connectivity index (χ4v) is 4.41. The van der Waals surface area contributed by atoms with Crippen LogP contribution in [0.25, 0.3) is 0 Å². The van der Waals surface area contributed by atoms with E-state index in [1.165, 1.54) is 0 Å². The van der Waals surface area contributed by atoms with Crippen LogP contribution < -0.4 is 10.2 Å². The molecule has 0 saturated carbocycles. The SMILES string of the molecule is CN1CCC(CC(=O)N2c3ccccc3C(=O)Nc3cccc(Cl)c32)CC1.O=C(O)[C@@H](O)[C@H](O)C(=O)O. The van der Waals surface area contributed by atoms with Crippen molar-refractivity contribution >= 4 is 52.4 Å². The van der Waals surface area contributed by atoms with Crippen LogP contribution in [-0.4, -0.2) is 81.4 Å². The number of para-hydroxylation sites is 2. The van der Waals surface area contributed by atoms with Crippen LogP contribution in [0.4, 0.5) is 17.1 Å². The van der Waals surface area contributed by atoms with Crippen molar-refractivity contribution in [3.63, 3.8) is 0 Å². The van der Waals surface area contributed by atoms with Crippen molar-refractivity contribution in [2.75, 3.05) is 30.4 Å². The minimum atomic E-state index is -2.27. The third-order valence-electron chi connectivity index (χ3n) is 6.20. The zero-order valence-corrected chi connectivity index (χ0v) is 20.8. The summed E-state index contributed by atoms with van der Waals surface area (Å²) >= 11 is 6.48. The summed E-state index contributed by atoms with van der Waals surface area (Å²) in [6.07, 6.45) is -2.08. The maximum atomic E-state index is 13.4. The molecule has 2 aliphatic heterocycles. The average molecular weight is 534 g/mol. The van der Waals surface area contributed by atoms with E-state index in [2.05, 4.69) is 17.3 Å². The second-order valence-electron chi connectivity index (χ2n) is 8.85. The van der Waals surface area contributed by atoms with Gasteiger partial charge in [-0.25, -0.2) is 9.59 Å². The predicted molar refractivity (Wildman–Crippen MR) is 135 cm³/mol. The second kappa shape index (κ2) is 12.2. The Balaban J connectivity index is 0.000000325. The number of nitrogens with one attached hydrogen (secondary N) is 1. The fraction of sp³-hybridized carbons (Fsp3) is 0.360. The molecule has 0 radical (unpaired) electrons. The van der Waals surface area contributed by atoms with Crippen molar-refractivity contribution in [3.05, 3.63) is 53.1 Å². The lowest BCUT2D eigenvalue weighted by molar-refractivity contribution is -0.165. The lowest BCUT2D eigenvalue weighted by Gasteiger charge is -2.31. The highest BCUT2D eigenvalue weighted by Crippen LogP contribution is 2.43. The number of carbonyl (C=O) groups is 4. The normalized spacial score (nSPS) is 17.2. The number of aliphatic carboxylic acids is 2. The second-order valence-corrected chi connectivity index (χ2v) is 9.26. The number of aliphatic hydroxyl groups is 2. The molecule has 2 aliphatic rings. The van der Waals surface area contributed by atoms with Gasteiger partial charge >= 0.3 is 11.9 Å². The number of carboxylic acids is 2. The van der Waals surface area contributed by atoms with E-state index in [4.69, 9.17) is 32.0 Å². The molecule has 1 saturated heterocycles. The minimum Gasteiger partial charge on any atom is -0.479 e. The van der Waals surface area contributed by atoms with Crippen LogP contribution in [-0.2, 0) is 14.4 Å². The van der Waals surface area contributed by atoms with Crippen molar-refractivity contribution < 1.29 is 39.6 Å². The number of carboxylic acid groups (broad SMARTS) is 2. The number of rotatable bonds is 5. The Morgan fingerprint density at radius 3 is 2.19 bits per heavy atom. The van der Waals surface area contributed by atoms with Gasteiger partial charge in [0.15, 0.2) is 12.2 Å². The summed E-state index contributed by atoms with van der Waals surface area (Å²) in [5, 5.41) is 35.9. The Morgan fingerprint density at radius 2 is 1.59 bits per heavy atom. The average Bonchev–Trinajstić information content (AvgIpc) is 2.99. The molecule has 4 rings (SSSR count). The van der Waals surface area contributed by atoms with E-state index in [0.717, 1.165) is 25.9 Å². The van der Waals surface area contributed by atoms with Crippen LogP contribution in [0.1, 0.15) is 29.6 Å². The van der Waals surface area contributed by atoms with Gasteiger partial charge in [0.1, 0.15) is 0 Å². The molecule has 1 fully saturated rings. The summed E-state index contributed by atoms with van der Waals surface area (Å²) in [6, 6.07) is 12.5. The molecule has 37 heavy (non-hydrogen) atoms. The van der Waals surface area contributed by atoms with Crippen LogP contribution in [0.2, 0.25) is 5.02 Å². The highest BCUT2D eigenvalue weighted by molar-refractivity contribution is 6.36. The van der Waals surface area contributed by atoms with Gasteiger partial charge in [-0.3, -0.25) is 14.5 Å². The molecular formula is C25H28ClN3O8. The first-order chi connectivity index (χ1) is 17.5. The molecule has 2 amide bonds. The Bertz CT molecular complexity index is 1160. The highest BCUT2D eigenvalue weighted by atomic mass is 35.5. The first-order valence-corrected chi connectivity index (χ1v) is 11.9. The molecule has 0 bridgehead atoms. The van der Waals surface area contributed by atoms with Crippen molar-refractivity contribution in [1.29, 1.82) is 0 Å². The van der Waals surface area contributed by atoms with Crippen LogP contribution >= 0.6 is 11.6 Å². The zero-order valence-electron chi connectivity index (χ0n) is 20.0. The number of halogens is 1. The van der Waals surface area contributed by atoms with E-state index >= 15 is 0 Å². The van der Waals surface area contributed by atoms with Crippen molar-refractivity contribution in [1.82, 2.24) is 4.90 Å². The van der Waals surface area contributed by atoms with Crippen LogP contribution in [0.5, 0.6) is 0 Å². The molecular weight excluding hydrogens is 506 g/mol. The number of piperidine rings is 1. The number of likely N-dealkylation sites (tertiary alicyclic amines) is 1. The third-order valence-corrected chi connectivity index (χ3v) is 6.51. The van der Waals surface area contributed by atoms with Gasteiger partial charge in [0.2, 0.25) is 5.91 Å². The monoisotopic (exact) mass is 533 g/mol. The van der Waals surface area contributed by atoms with E-state index in [0.29, 0.717) is 40.0 Å². The molecule has 0 unspecified atom stereocenters. The number of fused-ring (bicyclic) bond motifs is 2. The minimum absolute atomic E-state index is 0.0251. The Hall–Kier alpha value is -3.51. The molecule has 0 spiro atoms. The predicted octanol–water partition coefficient (Wildman–Crippen LogP) is 2.18. The molecule has 2 atom stereocenters. The van der Waals surface area contributed by atoms with Crippen molar-refractivity contribution in [2.24, 2.45) is 5.92 Å². The summed E-state index contributed by atoms with van der Waals surface area (Å²) in [6.45, 7) is 2.01. The van der Waals surface area contributed by atoms with E-state index in [1.54, 1.807) is 41.3 Å². The van der Waals surface area contributed by atoms with Gasteiger partial charge < -0.3 is 30.6 Å². The number of hydrogen-bond acceptors (Lipinski definition) is 7. The van der Waals surface area contributed by atoms with Crippen molar-refractivity contribution in [2.45, 2.75) is 31.5 Å². The third kappa shape index (κ3) is 6.63. The topological polar surface area (TPSA) is 168 Å². The molecule has 0 aromatic heterocycles. The lowest BCUT2D eigenvalue weighted by Crippen LogP contribution is -2.39. The molecule has 5 N–H and O–H groups in total. The quantitative estimate of drug-likeness (QED) is 0.387. The summed E-state index contributed by atoms with van der Waals surface area (Å²) in [5.74, 6) is -3.45. The zero-order chi connectivity index (χ0) is 27.3. The summed E-state index contributed by atoms with van der Waals surface area (Å²) in [5.41, 5.74) is 2.16. The number of anilines is 3. The first-order valence-electron chi connectivity index (χ1n) is 11.5. The van der Waals surface area contributed by atoms with Gasteiger partial charge in [0.25, 0.3) is 5.91 Å². The summed E-state index contributed by atoms with van der Waals surface area (Å²) < 4.78 is 0. The first kappa shape index (κ1) is 28.1. The Kier molecular flexibility index (Phi) is 9.22. The van der Waals surface area contributed by atoms with E-state index < -0.39 is 24.1 Å².